The highest BCUT2D eigenvalue weighted by molar-refractivity contribution is 5.26. The van der Waals surface area contributed by atoms with Gasteiger partial charge >= 0.3 is 0 Å². The maximum atomic E-state index is 9.05. The predicted octanol–water partition coefficient (Wildman–Crippen LogP) is 1.15. The number of hydrogen-bond donors (Lipinski definition) is 2. The lowest BCUT2D eigenvalue weighted by Crippen LogP contribution is -2.43. The van der Waals surface area contributed by atoms with Gasteiger partial charge in [0.1, 0.15) is 5.75 Å². The second-order valence-electron chi connectivity index (χ2n) is 3.39. The van der Waals surface area contributed by atoms with Crippen LogP contribution in [0.15, 0.2) is 24.3 Å². The molecule has 2 heteroatoms. The summed E-state index contributed by atoms with van der Waals surface area (Å²) < 4.78 is 0. The molecule has 2 rings (SSSR count). The number of rotatable bonds is 2. The molecule has 1 aromatic carbocycles. The van der Waals surface area contributed by atoms with E-state index in [1.54, 1.807) is 12.1 Å². The molecule has 12 heavy (non-hydrogen) atoms. The monoisotopic (exact) mass is 163 g/mol. The van der Waals surface area contributed by atoms with Gasteiger partial charge in [0.25, 0.3) is 0 Å². The fraction of sp³-hybridized carbons (Fsp3) is 0.400. The number of phenols is 1. The third kappa shape index (κ3) is 1.59. The van der Waals surface area contributed by atoms with E-state index in [9.17, 15) is 0 Å². The third-order valence-corrected chi connectivity index (χ3v) is 2.33. The molecule has 2 N–H and O–H groups in total. The number of benzene rings is 1. The molecule has 0 aromatic heterocycles. The Kier molecular flexibility index (Phi) is 2.00. The average molecular weight is 163 g/mol. The molecule has 0 atom stereocenters. The van der Waals surface area contributed by atoms with Crippen molar-refractivity contribution in [3.63, 3.8) is 0 Å². The summed E-state index contributed by atoms with van der Waals surface area (Å²) in [4.78, 5) is 0. The third-order valence-electron chi connectivity index (χ3n) is 2.33. The lowest BCUT2D eigenvalue weighted by molar-refractivity contribution is 0.346. The van der Waals surface area contributed by atoms with Crippen LogP contribution < -0.4 is 5.32 Å². The molecular weight excluding hydrogens is 150 g/mol. The van der Waals surface area contributed by atoms with Crippen molar-refractivity contribution in [1.29, 1.82) is 0 Å². The number of hydrogen-bond acceptors (Lipinski definition) is 2. The summed E-state index contributed by atoms with van der Waals surface area (Å²) in [5.41, 5.74) is 1.32. The normalized spacial score (nSPS) is 17.3. The molecule has 1 fully saturated rings. The maximum Gasteiger partial charge on any atom is 0.115 e. The first kappa shape index (κ1) is 7.62. The Hall–Kier alpha value is -1.02. The number of phenolic OH excluding ortho intramolecular Hbond substituents is 1. The van der Waals surface area contributed by atoms with Gasteiger partial charge < -0.3 is 10.4 Å². The first-order valence-electron chi connectivity index (χ1n) is 4.33. The highest BCUT2D eigenvalue weighted by atomic mass is 16.3. The molecule has 0 bridgehead atoms. The van der Waals surface area contributed by atoms with Crippen LogP contribution in [0.3, 0.4) is 0 Å². The van der Waals surface area contributed by atoms with Crippen LogP contribution in [-0.2, 0) is 6.42 Å². The van der Waals surface area contributed by atoms with Crippen LogP contribution in [0, 0.1) is 5.92 Å². The Balaban J connectivity index is 1.98. The van der Waals surface area contributed by atoms with Gasteiger partial charge in [-0.1, -0.05) is 12.1 Å². The van der Waals surface area contributed by atoms with E-state index in [1.165, 1.54) is 5.56 Å². The zero-order chi connectivity index (χ0) is 8.39. The summed E-state index contributed by atoms with van der Waals surface area (Å²) in [6.45, 7) is 2.28. The minimum absolute atomic E-state index is 0.352. The summed E-state index contributed by atoms with van der Waals surface area (Å²) in [7, 11) is 0. The van der Waals surface area contributed by atoms with Crippen LogP contribution in [0.4, 0.5) is 0 Å². The second-order valence-corrected chi connectivity index (χ2v) is 3.39. The van der Waals surface area contributed by atoms with E-state index in [4.69, 9.17) is 5.11 Å². The Bertz CT molecular complexity index is 251. The topological polar surface area (TPSA) is 32.3 Å². The number of nitrogens with one attached hydrogen (secondary N) is 1. The number of aromatic hydroxyl groups is 1. The zero-order valence-electron chi connectivity index (χ0n) is 6.96. The highest BCUT2D eigenvalue weighted by Crippen LogP contribution is 2.15. The lowest BCUT2D eigenvalue weighted by atomic mass is 9.94. The minimum Gasteiger partial charge on any atom is -0.508 e. The van der Waals surface area contributed by atoms with E-state index in [2.05, 4.69) is 5.32 Å². The molecule has 1 aliphatic heterocycles. The molecule has 0 amide bonds. The quantitative estimate of drug-likeness (QED) is 0.685. The smallest absolute Gasteiger partial charge is 0.115 e. The minimum atomic E-state index is 0.352. The molecular formula is C10H13NO. The average Bonchev–Trinajstić information content (AvgIpc) is 2.00. The Morgan fingerprint density at radius 3 is 2.42 bits per heavy atom. The van der Waals surface area contributed by atoms with Crippen molar-refractivity contribution in [1.82, 2.24) is 5.32 Å². The summed E-state index contributed by atoms with van der Waals surface area (Å²) >= 11 is 0. The van der Waals surface area contributed by atoms with Gasteiger partial charge in [0.2, 0.25) is 0 Å². The van der Waals surface area contributed by atoms with Crippen LogP contribution in [0.25, 0.3) is 0 Å². The van der Waals surface area contributed by atoms with Crippen molar-refractivity contribution in [3.05, 3.63) is 29.8 Å². The van der Waals surface area contributed by atoms with Crippen molar-refractivity contribution in [3.8, 4) is 5.75 Å². The lowest BCUT2D eigenvalue weighted by Gasteiger charge is -2.26. The van der Waals surface area contributed by atoms with E-state index in [1.807, 2.05) is 12.1 Å². The Morgan fingerprint density at radius 1 is 1.25 bits per heavy atom. The zero-order valence-corrected chi connectivity index (χ0v) is 6.96. The van der Waals surface area contributed by atoms with E-state index in [0.29, 0.717) is 5.75 Å². The molecule has 0 saturated carbocycles. The largest absolute Gasteiger partial charge is 0.508 e. The standard InChI is InChI=1S/C10H13NO/c12-10-3-1-8(2-4-10)5-9-6-11-7-9/h1-4,9,11-12H,5-7H2. The molecule has 1 aromatic rings. The fourth-order valence-electron chi connectivity index (χ4n) is 1.46. The van der Waals surface area contributed by atoms with Crippen molar-refractivity contribution in [2.75, 3.05) is 13.1 Å². The van der Waals surface area contributed by atoms with Gasteiger partial charge in [0.15, 0.2) is 0 Å². The van der Waals surface area contributed by atoms with Gasteiger partial charge in [-0.05, 0) is 43.1 Å². The molecule has 2 nitrogen and oxygen atoms in total. The summed E-state index contributed by atoms with van der Waals surface area (Å²) in [5.74, 6) is 1.15. The summed E-state index contributed by atoms with van der Waals surface area (Å²) in [6.07, 6.45) is 1.13. The van der Waals surface area contributed by atoms with Crippen LogP contribution in [0.1, 0.15) is 5.56 Å². The molecule has 1 aliphatic rings. The van der Waals surface area contributed by atoms with Crippen LogP contribution >= 0.6 is 0 Å². The predicted molar refractivity (Wildman–Crippen MR) is 48.2 cm³/mol. The van der Waals surface area contributed by atoms with Gasteiger partial charge in [-0.2, -0.15) is 0 Å². The summed E-state index contributed by atoms with van der Waals surface area (Å²) in [5, 5.41) is 12.3. The Morgan fingerprint density at radius 2 is 1.92 bits per heavy atom. The van der Waals surface area contributed by atoms with E-state index in [-0.39, 0.29) is 0 Å². The van der Waals surface area contributed by atoms with E-state index >= 15 is 0 Å². The van der Waals surface area contributed by atoms with E-state index in [0.717, 1.165) is 25.4 Å². The molecule has 1 heterocycles. The molecule has 1 saturated heterocycles. The first-order valence-corrected chi connectivity index (χ1v) is 4.33. The maximum absolute atomic E-state index is 9.05. The SMILES string of the molecule is Oc1ccc(CC2CNC2)cc1. The van der Waals surface area contributed by atoms with Gasteiger partial charge in [-0.25, -0.2) is 0 Å². The highest BCUT2D eigenvalue weighted by Gasteiger charge is 2.16. The van der Waals surface area contributed by atoms with Gasteiger partial charge in [-0.3, -0.25) is 0 Å². The van der Waals surface area contributed by atoms with Crippen LogP contribution in [0.5, 0.6) is 5.75 Å². The summed E-state index contributed by atoms with van der Waals surface area (Å²) in [6, 6.07) is 7.49. The van der Waals surface area contributed by atoms with E-state index < -0.39 is 0 Å². The van der Waals surface area contributed by atoms with Gasteiger partial charge in [0.05, 0.1) is 0 Å². The molecule has 0 spiro atoms. The Labute approximate surface area is 72.2 Å². The van der Waals surface area contributed by atoms with Crippen molar-refractivity contribution >= 4 is 0 Å². The van der Waals surface area contributed by atoms with Crippen molar-refractivity contribution in [2.24, 2.45) is 5.92 Å². The van der Waals surface area contributed by atoms with Crippen molar-refractivity contribution < 1.29 is 5.11 Å². The first-order chi connectivity index (χ1) is 5.84. The molecule has 64 valence electrons. The van der Waals surface area contributed by atoms with Crippen molar-refractivity contribution in [2.45, 2.75) is 6.42 Å². The van der Waals surface area contributed by atoms with Gasteiger partial charge in [-0.15, -0.1) is 0 Å². The molecule has 0 aliphatic carbocycles. The fourth-order valence-corrected chi connectivity index (χ4v) is 1.46. The second kappa shape index (κ2) is 3.15. The van der Waals surface area contributed by atoms with Crippen LogP contribution in [-0.4, -0.2) is 18.2 Å². The molecule has 0 radical (unpaired) electrons. The molecule has 0 unspecified atom stereocenters. The van der Waals surface area contributed by atoms with Crippen LogP contribution in [0.2, 0.25) is 0 Å². The van der Waals surface area contributed by atoms with Gasteiger partial charge in [0, 0.05) is 0 Å².